The van der Waals surface area contributed by atoms with Crippen LogP contribution in [0.5, 0.6) is 0 Å². The molecule has 0 unspecified atom stereocenters. The molecule has 0 spiro atoms. The van der Waals surface area contributed by atoms with Crippen LogP contribution in [0, 0.1) is 0 Å². The molecule has 3 N–H and O–H groups in total. The van der Waals surface area contributed by atoms with Crippen molar-refractivity contribution in [2.24, 2.45) is 0 Å². The van der Waals surface area contributed by atoms with Gasteiger partial charge in [0.25, 0.3) is 0 Å². The lowest BCUT2D eigenvalue weighted by Gasteiger charge is -2.19. The van der Waals surface area contributed by atoms with E-state index in [2.05, 4.69) is 29.0 Å². The molecule has 0 aliphatic carbocycles. The zero-order chi connectivity index (χ0) is 14.1. The number of hydrogen-bond acceptors (Lipinski definition) is 4. The fourth-order valence-corrected chi connectivity index (χ4v) is 1.87. The Morgan fingerprint density at radius 3 is 2.74 bits per heavy atom. The summed E-state index contributed by atoms with van der Waals surface area (Å²) in [5.74, 6) is 0.00447. The van der Waals surface area contributed by atoms with Crippen LogP contribution in [0.15, 0.2) is 18.3 Å². The highest BCUT2D eigenvalue weighted by Gasteiger charge is 2.05. The SMILES string of the molecule is CCCN(CC)CCNC(=O)Cc1ccc(N)cn1. The van der Waals surface area contributed by atoms with Crippen molar-refractivity contribution in [2.45, 2.75) is 26.7 Å². The van der Waals surface area contributed by atoms with Gasteiger partial charge in [-0.25, -0.2) is 0 Å². The fourth-order valence-electron chi connectivity index (χ4n) is 1.87. The Hall–Kier alpha value is -1.62. The molecular weight excluding hydrogens is 240 g/mol. The minimum absolute atomic E-state index is 0.00447. The second-order valence-corrected chi connectivity index (χ2v) is 4.54. The topological polar surface area (TPSA) is 71.2 Å². The van der Waals surface area contributed by atoms with Crippen molar-refractivity contribution in [3.8, 4) is 0 Å². The quantitative estimate of drug-likeness (QED) is 0.736. The van der Waals surface area contributed by atoms with Gasteiger partial charge in [-0.3, -0.25) is 9.78 Å². The first kappa shape index (κ1) is 15.4. The van der Waals surface area contributed by atoms with Crippen LogP contribution in [0.4, 0.5) is 5.69 Å². The van der Waals surface area contributed by atoms with Gasteiger partial charge in [0.15, 0.2) is 0 Å². The van der Waals surface area contributed by atoms with Crippen LogP contribution < -0.4 is 11.1 Å². The first-order chi connectivity index (χ1) is 9.15. The minimum atomic E-state index is 0.00447. The number of hydrogen-bond donors (Lipinski definition) is 2. The predicted molar refractivity (Wildman–Crippen MR) is 77.8 cm³/mol. The molecule has 0 bridgehead atoms. The highest BCUT2D eigenvalue weighted by atomic mass is 16.1. The van der Waals surface area contributed by atoms with Gasteiger partial charge in [0.05, 0.1) is 18.3 Å². The maximum absolute atomic E-state index is 11.7. The van der Waals surface area contributed by atoms with Gasteiger partial charge in [0.2, 0.25) is 5.91 Å². The van der Waals surface area contributed by atoms with E-state index in [4.69, 9.17) is 5.73 Å². The van der Waals surface area contributed by atoms with E-state index in [0.717, 1.165) is 31.7 Å². The zero-order valence-electron chi connectivity index (χ0n) is 11.9. The number of anilines is 1. The number of likely N-dealkylation sites (N-methyl/N-ethyl adjacent to an activating group) is 1. The van der Waals surface area contributed by atoms with Crippen molar-refractivity contribution < 1.29 is 4.79 Å². The lowest BCUT2D eigenvalue weighted by molar-refractivity contribution is -0.120. The number of nitrogens with one attached hydrogen (secondary N) is 1. The second-order valence-electron chi connectivity index (χ2n) is 4.54. The molecular formula is C14H24N4O. The van der Waals surface area contributed by atoms with Gasteiger partial charge in [-0.15, -0.1) is 0 Å². The van der Waals surface area contributed by atoms with Crippen molar-refractivity contribution >= 4 is 11.6 Å². The molecule has 1 rings (SSSR count). The molecule has 0 atom stereocenters. The number of nitrogens with zero attached hydrogens (tertiary/aromatic N) is 2. The van der Waals surface area contributed by atoms with Gasteiger partial charge in [-0.2, -0.15) is 0 Å². The monoisotopic (exact) mass is 264 g/mol. The summed E-state index contributed by atoms with van der Waals surface area (Å²) in [5, 5.41) is 2.92. The van der Waals surface area contributed by atoms with Gasteiger partial charge < -0.3 is 16.0 Å². The summed E-state index contributed by atoms with van der Waals surface area (Å²) >= 11 is 0. The molecule has 19 heavy (non-hydrogen) atoms. The van der Waals surface area contributed by atoms with Crippen LogP contribution in [-0.2, 0) is 11.2 Å². The standard InChI is InChI=1S/C14H24N4O/c1-3-8-18(4-2)9-7-16-14(19)10-13-6-5-12(15)11-17-13/h5-6,11H,3-4,7-10,15H2,1-2H3,(H,16,19). The third-order valence-corrected chi connectivity index (χ3v) is 2.93. The molecule has 1 heterocycles. The molecule has 0 aromatic carbocycles. The molecule has 0 aliphatic rings. The highest BCUT2D eigenvalue weighted by Crippen LogP contribution is 2.01. The molecule has 0 saturated heterocycles. The van der Waals surface area contributed by atoms with E-state index in [1.54, 1.807) is 18.3 Å². The number of rotatable bonds is 8. The molecule has 1 amide bonds. The Balaban J connectivity index is 2.26. The molecule has 0 saturated carbocycles. The summed E-state index contributed by atoms with van der Waals surface area (Å²) in [6, 6.07) is 3.54. The van der Waals surface area contributed by atoms with Crippen molar-refractivity contribution in [2.75, 3.05) is 31.9 Å². The molecule has 0 aliphatic heterocycles. The maximum Gasteiger partial charge on any atom is 0.226 e. The van der Waals surface area contributed by atoms with E-state index in [1.807, 2.05) is 0 Å². The number of aromatic nitrogens is 1. The Bertz CT molecular complexity index is 378. The van der Waals surface area contributed by atoms with E-state index in [-0.39, 0.29) is 5.91 Å². The molecule has 0 radical (unpaired) electrons. The van der Waals surface area contributed by atoms with Gasteiger partial charge in [-0.1, -0.05) is 13.8 Å². The third-order valence-electron chi connectivity index (χ3n) is 2.93. The van der Waals surface area contributed by atoms with Crippen LogP contribution in [0.1, 0.15) is 26.0 Å². The van der Waals surface area contributed by atoms with Gasteiger partial charge in [-0.05, 0) is 31.6 Å². The van der Waals surface area contributed by atoms with E-state index in [9.17, 15) is 4.79 Å². The van der Waals surface area contributed by atoms with Crippen LogP contribution in [0.25, 0.3) is 0 Å². The third kappa shape index (κ3) is 6.20. The Morgan fingerprint density at radius 2 is 2.16 bits per heavy atom. The lowest BCUT2D eigenvalue weighted by Crippen LogP contribution is -2.36. The molecule has 5 nitrogen and oxygen atoms in total. The Morgan fingerprint density at radius 1 is 1.37 bits per heavy atom. The summed E-state index contributed by atoms with van der Waals surface area (Å²) in [4.78, 5) is 18.2. The van der Waals surface area contributed by atoms with E-state index in [1.165, 1.54) is 0 Å². The molecule has 0 fully saturated rings. The highest BCUT2D eigenvalue weighted by molar-refractivity contribution is 5.78. The summed E-state index contributed by atoms with van der Waals surface area (Å²) < 4.78 is 0. The Labute approximate surface area is 115 Å². The smallest absolute Gasteiger partial charge is 0.226 e. The normalized spacial score (nSPS) is 10.7. The largest absolute Gasteiger partial charge is 0.397 e. The first-order valence-corrected chi connectivity index (χ1v) is 6.85. The number of nitrogen functional groups attached to an aromatic ring is 1. The van der Waals surface area contributed by atoms with E-state index >= 15 is 0 Å². The number of pyridine rings is 1. The predicted octanol–water partition coefficient (Wildman–Crippen LogP) is 1.05. The summed E-state index contributed by atoms with van der Waals surface area (Å²) in [7, 11) is 0. The summed E-state index contributed by atoms with van der Waals surface area (Å²) in [6.45, 7) is 7.96. The first-order valence-electron chi connectivity index (χ1n) is 6.85. The number of carbonyl (C=O) groups excluding carboxylic acids is 1. The average molecular weight is 264 g/mol. The van der Waals surface area contributed by atoms with Crippen molar-refractivity contribution in [1.82, 2.24) is 15.2 Å². The fraction of sp³-hybridized carbons (Fsp3) is 0.571. The van der Waals surface area contributed by atoms with Crippen LogP contribution in [0.2, 0.25) is 0 Å². The second kappa shape index (κ2) is 8.48. The molecule has 1 aromatic heterocycles. The Kier molecular flexibility index (Phi) is 6.89. The van der Waals surface area contributed by atoms with E-state index < -0.39 is 0 Å². The minimum Gasteiger partial charge on any atom is -0.397 e. The van der Waals surface area contributed by atoms with Crippen molar-refractivity contribution in [3.63, 3.8) is 0 Å². The van der Waals surface area contributed by atoms with Crippen LogP contribution in [-0.4, -0.2) is 42.0 Å². The number of carbonyl (C=O) groups is 1. The average Bonchev–Trinajstić information content (AvgIpc) is 2.40. The number of amides is 1. The van der Waals surface area contributed by atoms with Crippen molar-refractivity contribution in [3.05, 3.63) is 24.0 Å². The lowest BCUT2D eigenvalue weighted by atomic mass is 10.2. The van der Waals surface area contributed by atoms with Gasteiger partial charge >= 0.3 is 0 Å². The number of nitrogens with two attached hydrogens (primary N) is 1. The summed E-state index contributed by atoms with van der Waals surface area (Å²) in [6.07, 6.45) is 3.01. The zero-order valence-corrected chi connectivity index (χ0v) is 11.9. The van der Waals surface area contributed by atoms with Crippen molar-refractivity contribution in [1.29, 1.82) is 0 Å². The van der Waals surface area contributed by atoms with Crippen LogP contribution >= 0.6 is 0 Å². The molecule has 5 heteroatoms. The maximum atomic E-state index is 11.7. The van der Waals surface area contributed by atoms with Gasteiger partial charge in [0.1, 0.15) is 0 Å². The molecule has 106 valence electrons. The van der Waals surface area contributed by atoms with E-state index in [0.29, 0.717) is 18.7 Å². The van der Waals surface area contributed by atoms with Gasteiger partial charge in [0, 0.05) is 18.8 Å². The van der Waals surface area contributed by atoms with Crippen LogP contribution in [0.3, 0.4) is 0 Å². The summed E-state index contributed by atoms with van der Waals surface area (Å²) in [5.41, 5.74) is 6.90. The molecule has 1 aromatic rings.